The summed E-state index contributed by atoms with van der Waals surface area (Å²) in [7, 11) is 1.13. The van der Waals surface area contributed by atoms with E-state index in [0.29, 0.717) is 6.07 Å². The van der Waals surface area contributed by atoms with Crippen LogP contribution in [0.5, 0.6) is 0 Å². The molecule has 1 atom stereocenters. The van der Waals surface area contributed by atoms with Gasteiger partial charge in [0.25, 0.3) is 5.91 Å². The Morgan fingerprint density at radius 2 is 2.05 bits per heavy atom. The molecule has 0 bridgehead atoms. The summed E-state index contributed by atoms with van der Waals surface area (Å²) in [5.41, 5.74) is -1.16. The third kappa shape index (κ3) is 4.89. The molecule has 0 radical (unpaired) electrons. The van der Waals surface area contributed by atoms with Gasteiger partial charge in [0.1, 0.15) is 5.38 Å². The van der Waals surface area contributed by atoms with Gasteiger partial charge in [-0.05, 0) is 34.1 Å². The maximum atomic E-state index is 12.6. The van der Waals surface area contributed by atoms with Gasteiger partial charge in [-0.1, -0.05) is 0 Å². The summed E-state index contributed by atoms with van der Waals surface area (Å²) in [6.45, 7) is -0.268. The Morgan fingerprint density at radius 3 is 2.57 bits per heavy atom. The van der Waals surface area contributed by atoms with Crippen LogP contribution in [-0.2, 0) is 15.7 Å². The first kappa shape index (κ1) is 17.8. The lowest BCUT2D eigenvalue weighted by molar-refractivity contribution is -0.140. The van der Waals surface area contributed by atoms with Crippen LogP contribution in [0.2, 0.25) is 0 Å². The van der Waals surface area contributed by atoms with E-state index in [4.69, 9.17) is 11.6 Å². The quantitative estimate of drug-likeness (QED) is 0.637. The number of nitrogens with one attached hydrogen (secondary N) is 1. The molecule has 0 heterocycles. The van der Waals surface area contributed by atoms with Crippen LogP contribution in [0.15, 0.2) is 22.7 Å². The van der Waals surface area contributed by atoms with Gasteiger partial charge >= 0.3 is 12.1 Å². The van der Waals surface area contributed by atoms with E-state index in [0.717, 1.165) is 19.2 Å². The SMILES string of the molecule is COC(=O)C(Cl)CNC(=O)c1cc(C(F)(F)F)ccc1Br. The number of ether oxygens (including phenoxy) is 1. The van der Waals surface area contributed by atoms with Crippen molar-refractivity contribution in [2.75, 3.05) is 13.7 Å². The Labute approximate surface area is 131 Å². The number of esters is 1. The van der Waals surface area contributed by atoms with E-state index >= 15 is 0 Å². The van der Waals surface area contributed by atoms with E-state index in [9.17, 15) is 22.8 Å². The van der Waals surface area contributed by atoms with Crippen molar-refractivity contribution in [3.8, 4) is 0 Å². The van der Waals surface area contributed by atoms with Crippen molar-refractivity contribution in [1.82, 2.24) is 5.32 Å². The zero-order valence-corrected chi connectivity index (χ0v) is 13.0. The average Bonchev–Trinajstić information content (AvgIpc) is 2.42. The summed E-state index contributed by atoms with van der Waals surface area (Å²) in [6, 6.07) is 2.68. The molecule has 0 aliphatic rings. The molecule has 4 nitrogen and oxygen atoms in total. The molecule has 0 aliphatic heterocycles. The van der Waals surface area contributed by atoms with Gasteiger partial charge in [-0.15, -0.1) is 11.6 Å². The molecule has 1 unspecified atom stereocenters. The van der Waals surface area contributed by atoms with E-state index in [2.05, 4.69) is 26.0 Å². The highest BCUT2D eigenvalue weighted by Crippen LogP contribution is 2.31. The molecule has 1 N–H and O–H groups in total. The summed E-state index contributed by atoms with van der Waals surface area (Å²) in [6.07, 6.45) is -4.56. The highest BCUT2D eigenvalue weighted by Gasteiger charge is 2.31. The van der Waals surface area contributed by atoms with E-state index < -0.39 is 29.0 Å². The van der Waals surface area contributed by atoms with Crippen molar-refractivity contribution in [2.45, 2.75) is 11.6 Å². The molecule has 0 aliphatic carbocycles. The number of methoxy groups -OCH3 is 1. The number of carbonyl (C=O) groups excluding carboxylic acids is 2. The molecule has 0 spiro atoms. The van der Waals surface area contributed by atoms with Crippen LogP contribution in [0.25, 0.3) is 0 Å². The van der Waals surface area contributed by atoms with Crippen LogP contribution in [0, 0.1) is 0 Å². The largest absolute Gasteiger partial charge is 0.468 e. The maximum absolute atomic E-state index is 12.6. The fourth-order valence-corrected chi connectivity index (χ4v) is 1.96. The van der Waals surface area contributed by atoms with Crippen molar-refractivity contribution >= 4 is 39.4 Å². The highest BCUT2D eigenvalue weighted by molar-refractivity contribution is 9.10. The summed E-state index contributed by atoms with van der Waals surface area (Å²) in [5, 5.41) is 1.14. The second-order valence-electron chi connectivity index (χ2n) is 3.89. The monoisotopic (exact) mass is 387 g/mol. The zero-order chi connectivity index (χ0) is 16.2. The van der Waals surface area contributed by atoms with Gasteiger partial charge in [-0.2, -0.15) is 13.2 Å². The fourth-order valence-electron chi connectivity index (χ4n) is 1.36. The van der Waals surface area contributed by atoms with Crippen molar-refractivity contribution in [3.05, 3.63) is 33.8 Å². The van der Waals surface area contributed by atoms with Crippen molar-refractivity contribution in [1.29, 1.82) is 0 Å². The van der Waals surface area contributed by atoms with Crippen LogP contribution in [0.1, 0.15) is 15.9 Å². The van der Waals surface area contributed by atoms with Crippen LogP contribution < -0.4 is 5.32 Å². The van der Waals surface area contributed by atoms with Gasteiger partial charge < -0.3 is 10.1 Å². The standard InChI is InChI=1S/C12H10BrClF3NO3/c1-21-11(20)9(14)5-18-10(19)7-4-6(12(15,16)17)2-3-8(7)13/h2-4,9H,5H2,1H3,(H,18,19). The normalized spacial score (nSPS) is 12.7. The van der Waals surface area contributed by atoms with Crippen molar-refractivity contribution in [2.24, 2.45) is 0 Å². The number of rotatable bonds is 4. The van der Waals surface area contributed by atoms with Crippen molar-refractivity contribution in [3.63, 3.8) is 0 Å². The van der Waals surface area contributed by atoms with Crippen molar-refractivity contribution < 1.29 is 27.5 Å². The molecule has 116 valence electrons. The highest BCUT2D eigenvalue weighted by atomic mass is 79.9. The Hall–Kier alpha value is -1.28. The lowest BCUT2D eigenvalue weighted by Gasteiger charge is -2.12. The van der Waals surface area contributed by atoms with E-state index in [-0.39, 0.29) is 16.6 Å². The molecule has 0 saturated heterocycles. The first-order valence-corrected chi connectivity index (χ1v) is 6.76. The van der Waals surface area contributed by atoms with E-state index in [1.165, 1.54) is 0 Å². The number of alkyl halides is 4. The Morgan fingerprint density at radius 1 is 1.43 bits per heavy atom. The van der Waals surface area contributed by atoms with Crippen LogP contribution in [0.4, 0.5) is 13.2 Å². The predicted octanol–water partition coefficient (Wildman–Crippen LogP) is 2.98. The molecule has 0 fully saturated rings. The molecule has 0 saturated carbocycles. The number of hydrogen-bond donors (Lipinski definition) is 1. The van der Waals surface area contributed by atoms with Gasteiger partial charge in [0.05, 0.1) is 18.2 Å². The first-order valence-electron chi connectivity index (χ1n) is 5.53. The number of amides is 1. The second kappa shape index (κ2) is 7.13. The molecular weight excluding hydrogens is 378 g/mol. The first-order chi connectivity index (χ1) is 9.66. The Kier molecular flexibility index (Phi) is 6.03. The molecule has 21 heavy (non-hydrogen) atoms. The second-order valence-corrected chi connectivity index (χ2v) is 5.27. The molecule has 9 heteroatoms. The van der Waals surface area contributed by atoms with Crippen LogP contribution in [0.3, 0.4) is 0 Å². The maximum Gasteiger partial charge on any atom is 0.416 e. The third-order valence-electron chi connectivity index (χ3n) is 2.44. The van der Waals surface area contributed by atoms with Gasteiger partial charge in [0.2, 0.25) is 0 Å². The minimum Gasteiger partial charge on any atom is -0.468 e. The summed E-state index contributed by atoms with van der Waals surface area (Å²) >= 11 is 8.62. The molecule has 1 amide bonds. The number of benzene rings is 1. The third-order valence-corrected chi connectivity index (χ3v) is 3.46. The molecule has 1 rings (SSSR count). The topological polar surface area (TPSA) is 55.4 Å². The molecule has 1 aromatic carbocycles. The smallest absolute Gasteiger partial charge is 0.416 e. The van der Waals surface area contributed by atoms with E-state index in [1.807, 2.05) is 0 Å². The molecule has 0 aromatic heterocycles. The van der Waals surface area contributed by atoms with Crippen LogP contribution >= 0.6 is 27.5 Å². The zero-order valence-electron chi connectivity index (χ0n) is 10.6. The lowest BCUT2D eigenvalue weighted by atomic mass is 10.1. The number of halogens is 5. The van der Waals surface area contributed by atoms with Crippen LogP contribution in [-0.4, -0.2) is 30.9 Å². The van der Waals surface area contributed by atoms with Gasteiger partial charge in [0.15, 0.2) is 0 Å². The summed E-state index contributed by atoms with van der Waals surface area (Å²) in [5.74, 6) is -1.54. The Bertz CT molecular complexity index is 551. The average molecular weight is 389 g/mol. The van der Waals surface area contributed by atoms with Gasteiger partial charge in [-0.3, -0.25) is 9.59 Å². The number of carbonyl (C=O) groups is 2. The predicted molar refractivity (Wildman–Crippen MR) is 73.1 cm³/mol. The van der Waals surface area contributed by atoms with E-state index in [1.54, 1.807) is 0 Å². The minimum atomic E-state index is -4.56. The van der Waals surface area contributed by atoms with Gasteiger partial charge in [-0.25, -0.2) is 0 Å². The molecule has 1 aromatic rings. The number of hydrogen-bond acceptors (Lipinski definition) is 3. The summed E-state index contributed by atoms with van der Waals surface area (Å²) < 4.78 is 42.3. The van der Waals surface area contributed by atoms with Gasteiger partial charge in [0, 0.05) is 11.0 Å². The summed E-state index contributed by atoms with van der Waals surface area (Å²) in [4.78, 5) is 22.9. The Balaban J connectivity index is 2.85. The minimum absolute atomic E-state index is 0.192. The lowest BCUT2D eigenvalue weighted by Crippen LogP contribution is -2.34. The fraction of sp³-hybridized carbons (Fsp3) is 0.333. The molecular formula is C12H10BrClF3NO3.